The van der Waals surface area contributed by atoms with Gasteiger partial charge in [-0.2, -0.15) is 4.31 Å². The molecule has 2 aromatic heterocycles. The van der Waals surface area contributed by atoms with Gasteiger partial charge < -0.3 is 15.4 Å². The number of fused-ring (bicyclic) bond motifs is 1. The minimum Gasteiger partial charge on any atom is -0.478 e. The smallest absolute Gasteiger partial charge is 0.335 e. The van der Waals surface area contributed by atoms with Crippen LogP contribution in [0.4, 0.5) is 0 Å². The summed E-state index contributed by atoms with van der Waals surface area (Å²) in [7, 11) is -3.88. The molecule has 1 saturated heterocycles. The number of carboxylic acid groups (broad SMARTS) is 1. The largest absolute Gasteiger partial charge is 0.478 e. The Morgan fingerprint density at radius 3 is 2.81 bits per heavy atom. The van der Waals surface area contributed by atoms with Crippen LogP contribution in [0.15, 0.2) is 53.8 Å². The summed E-state index contributed by atoms with van der Waals surface area (Å²) in [6.45, 7) is 1.92. The van der Waals surface area contributed by atoms with Crippen LogP contribution in [0.1, 0.15) is 48.5 Å². The maximum absolute atomic E-state index is 12.8. The summed E-state index contributed by atoms with van der Waals surface area (Å²) >= 11 is 0. The van der Waals surface area contributed by atoms with Gasteiger partial charge in [-0.15, -0.1) is 0 Å². The molecule has 4 rings (SSSR count). The van der Waals surface area contributed by atoms with Crippen molar-refractivity contribution in [2.24, 2.45) is 5.92 Å². The van der Waals surface area contributed by atoms with Gasteiger partial charge in [-0.25, -0.2) is 18.2 Å². The summed E-state index contributed by atoms with van der Waals surface area (Å²) in [6.07, 6.45) is 5.64. The number of sulfonamides is 1. The Labute approximate surface area is 215 Å². The number of aromatic amines is 1. The molecule has 2 atom stereocenters. The molecule has 3 aromatic rings. The van der Waals surface area contributed by atoms with Crippen molar-refractivity contribution in [2.45, 2.75) is 50.1 Å². The number of benzene rings is 1. The molecule has 0 spiro atoms. The third-order valence-corrected chi connectivity index (χ3v) is 8.41. The zero-order valence-corrected chi connectivity index (χ0v) is 21.3. The average molecular weight is 527 g/mol. The normalized spacial score (nSPS) is 17.9. The van der Waals surface area contributed by atoms with Gasteiger partial charge in [0.15, 0.2) is 10.8 Å². The van der Waals surface area contributed by atoms with E-state index in [0.717, 1.165) is 20.8 Å². The highest BCUT2D eigenvalue weighted by Gasteiger charge is 2.33. The SMILES string of the molecule is C[C@@H](CCC(=O)NC1CCCN(S(=O)(=O)c2ccccn2)CC1=O)Cc1c[nH]c2cc(C(=O)O)ccc12. The Balaban J connectivity index is 1.29. The van der Waals surface area contributed by atoms with E-state index in [9.17, 15) is 22.8 Å². The van der Waals surface area contributed by atoms with Crippen LogP contribution in [0.5, 0.6) is 0 Å². The summed E-state index contributed by atoms with van der Waals surface area (Å²) in [4.78, 5) is 43.6. The fourth-order valence-electron chi connectivity index (χ4n) is 4.60. The minimum absolute atomic E-state index is 0.100. The Hall–Kier alpha value is -3.57. The predicted molar refractivity (Wildman–Crippen MR) is 137 cm³/mol. The van der Waals surface area contributed by atoms with Crippen molar-refractivity contribution in [3.05, 3.63) is 59.9 Å². The van der Waals surface area contributed by atoms with E-state index in [1.807, 2.05) is 13.1 Å². The van der Waals surface area contributed by atoms with Gasteiger partial charge in [0.05, 0.1) is 18.2 Å². The van der Waals surface area contributed by atoms with Crippen LogP contribution >= 0.6 is 0 Å². The van der Waals surface area contributed by atoms with Crippen molar-refractivity contribution >= 4 is 38.6 Å². The highest BCUT2D eigenvalue weighted by molar-refractivity contribution is 7.89. The molecule has 0 bridgehead atoms. The van der Waals surface area contributed by atoms with Crippen LogP contribution in [0.25, 0.3) is 10.9 Å². The number of carbonyl (C=O) groups excluding carboxylic acids is 2. The maximum atomic E-state index is 12.8. The van der Waals surface area contributed by atoms with E-state index in [2.05, 4.69) is 15.3 Å². The van der Waals surface area contributed by atoms with E-state index < -0.39 is 22.0 Å². The summed E-state index contributed by atoms with van der Waals surface area (Å²) in [5.41, 5.74) is 2.02. The summed E-state index contributed by atoms with van der Waals surface area (Å²) < 4.78 is 26.8. The number of aromatic nitrogens is 2. The number of Topliss-reactive ketones (excluding diaryl/α,β-unsaturated/α-hetero) is 1. The fraction of sp³-hybridized carbons (Fsp3) is 0.385. The molecule has 37 heavy (non-hydrogen) atoms. The zero-order chi connectivity index (χ0) is 26.6. The van der Waals surface area contributed by atoms with Gasteiger partial charge in [0, 0.05) is 36.3 Å². The lowest BCUT2D eigenvalue weighted by molar-refractivity contribution is -0.127. The standard InChI is InChI=1S/C26H30N4O6S/c1-17(13-19-15-28-22-14-18(26(33)34)8-9-20(19)22)7-10-24(32)29-21-5-4-12-30(16-23(21)31)37(35,36)25-6-2-3-11-27-25/h2-3,6,8-9,11,14-15,17,21,28H,4-5,7,10,12-13,16H2,1H3,(H,29,32)(H,33,34)/t17-,21?/m0/s1. The van der Waals surface area contributed by atoms with E-state index in [-0.39, 0.29) is 47.7 Å². The van der Waals surface area contributed by atoms with Crippen molar-refractivity contribution in [3.8, 4) is 0 Å². The van der Waals surface area contributed by atoms with Gasteiger partial charge in [-0.1, -0.05) is 19.1 Å². The fourth-order valence-corrected chi connectivity index (χ4v) is 5.97. The lowest BCUT2D eigenvalue weighted by atomic mass is 9.95. The van der Waals surface area contributed by atoms with Crippen LogP contribution in [-0.2, 0) is 26.0 Å². The lowest BCUT2D eigenvalue weighted by Gasteiger charge is -2.19. The number of nitrogens with zero attached hydrogens (tertiary/aromatic N) is 2. The van der Waals surface area contributed by atoms with Crippen LogP contribution in [0.3, 0.4) is 0 Å². The number of carboxylic acids is 1. The molecule has 0 radical (unpaired) electrons. The van der Waals surface area contributed by atoms with Gasteiger partial charge in [0.25, 0.3) is 10.0 Å². The molecule has 11 heteroatoms. The van der Waals surface area contributed by atoms with Crippen LogP contribution in [0.2, 0.25) is 0 Å². The zero-order valence-electron chi connectivity index (χ0n) is 20.5. The average Bonchev–Trinajstić information content (AvgIpc) is 3.18. The Bertz CT molecular complexity index is 1400. The Kier molecular flexibility index (Phi) is 8.03. The van der Waals surface area contributed by atoms with Gasteiger partial charge >= 0.3 is 5.97 Å². The Morgan fingerprint density at radius 2 is 2.08 bits per heavy atom. The third-order valence-electron chi connectivity index (χ3n) is 6.65. The summed E-state index contributed by atoms with van der Waals surface area (Å²) in [6, 6.07) is 8.85. The second-order valence-electron chi connectivity index (χ2n) is 9.46. The molecule has 1 amide bonds. The van der Waals surface area contributed by atoms with Crippen molar-refractivity contribution in [1.29, 1.82) is 0 Å². The topological polar surface area (TPSA) is 150 Å². The molecule has 1 aliphatic heterocycles. The van der Waals surface area contributed by atoms with Gasteiger partial charge in [0.1, 0.15) is 0 Å². The Morgan fingerprint density at radius 1 is 1.27 bits per heavy atom. The van der Waals surface area contributed by atoms with E-state index in [1.54, 1.807) is 30.3 Å². The van der Waals surface area contributed by atoms with Crippen molar-refractivity contribution in [2.75, 3.05) is 13.1 Å². The molecular formula is C26H30N4O6S. The first-order chi connectivity index (χ1) is 17.6. The van der Waals surface area contributed by atoms with Gasteiger partial charge in [0.2, 0.25) is 5.91 Å². The molecule has 0 aliphatic carbocycles. The van der Waals surface area contributed by atoms with E-state index in [4.69, 9.17) is 5.11 Å². The molecule has 0 saturated carbocycles. The first kappa shape index (κ1) is 26.5. The third kappa shape index (κ3) is 6.23. The van der Waals surface area contributed by atoms with Crippen molar-refractivity contribution in [1.82, 2.24) is 19.6 Å². The van der Waals surface area contributed by atoms with Crippen molar-refractivity contribution in [3.63, 3.8) is 0 Å². The number of rotatable bonds is 9. The van der Waals surface area contributed by atoms with Gasteiger partial charge in [-0.05, 0) is 61.4 Å². The molecule has 10 nitrogen and oxygen atoms in total. The number of hydrogen-bond acceptors (Lipinski definition) is 6. The lowest BCUT2D eigenvalue weighted by Crippen LogP contribution is -2.44. The first-order valence-corrected chi connectivity index (χ1v) is 13.7. The highest BCUT2D eigenvalue weighted by Crippen LogP contribution is 2.24. The number of nitrogens with one attached hydrogen (secondary N) is 2. The molecule has 196 valence electrons. The number of hydrogen-bond donors (Lipinski definition) is 3. The number of ketones is 1. The second kappa shape index (κ2) is 11.2. The second-order valence-corrected chi connectivity index (χ2v) is 11.3. The van der Waals surface area contributed by atoms with Crippen LogP contribution in [-0.4, -0.2) is 64.6 Å². The monoisotopic (exact) mass is 526 g/mol. The maximum Gasteiger partial charge on any atom is 0.335 e. The molecule has 1 fully saturated rings. The summed E-state index contributed by atoms with van der Waals surface area (Å²) in [5, 5.41) is 12.8. The summed E-state index contributed by atoms with van der Waals surface area (Å²) in [5.74, 6) is -1.38. The number of aromatic carboxylic acids is 1. The molecule has 1 aliphatic rings. The van der Waals surface area contributed by atoms with E-state index in [0.29, 0.717) is 25.7 Å². The molecule has 1 unspecified atom stereocenters. The molecule has 3 heterocycles. The van der Waals surface area contributed by atoms with Crippen LogP contribution in [0, 0.1) is 5.92 Å². The quantitative estimate of drug-likeness (QED) is 0.388. The number of carbonyl (C=O) groups is 3. The molecule has 3 N–H and O–H groups in total. The minimum atomic E-state index is -3.88. The van der Waals surface area contributed by atoms with E-state index in [1.165, 1.54) is 12.3 Å². The van der Waals surface area contributed by atoms with Crippen molar-refractivity contribution < 1.29 is 27.9 Å². The number of H-pyrrole nitrogens is 1. The molecule has 1 aromatic carbocycles. The number of amides is 1. The predicted octanol–water partition coefficient (Wildman–Crippen LogP) is 2.76. The number of pyridine rings is 1. The van der Waals surface area contributed by atoms with E-state index >= 15 is 0 Å². The highest BCUT2D eigenvalue weighted by atomic mass is 32.2. The van der Waals surface area contributed by atoms with Gasteiger partial charge in [-0.3, -0.25) is 9.59 Å². The van der Waals surface area contributed by atoms with Crippen LogP contribution < -0.4 is 5.32 Å². The first-order valence-electron chi connectivity index (χ1n) is 12.2. The molecular weight excluding hydrogens is 496 g/mol.